The molecule has 4 heteroatoms. The molecular formula is C10H20N2O2. The van der Waals surface area contributed by atoms with Crippen molar-refractivity contribution in [3.05, 3.63) is 0 Å². The van der Waals surface area contributed by atoms with E-state index in [2.05, 4.69) is 18.7 Å². The van der Waals surface area contributed by atoms with E-state index in [0.717, 1.165) is 32.7 Å². The predicted octanol–water partition coefficient (Wildman–Crippen LogP) is 0.363. The Morgan fingerprint density at radius 2 is 2.29 bits per heavy atom. The summed E-state index contributed by atoms with van der Waals surface area (Å²) in [4.78, 5) is 12.9. The monoisotopic (exact) mass is 200 g/mol. The number of primary amides is 1. The van der Waals surface area contributed by atoms with Crippen molar-refractivity contribution in [1.29, 1.82) is 0 Å². The summed E-state index contributed by atoms with van der Waals surface area (Å²) in [5.74, 6) is -0.211. The van der Waals surface area contributed by atoms with Crippen LogP contribution in [0.4, 0.5) is 0 Å². The SMILES string of the molecule is CC1(C)CN(CCCC(N)=O)CCO1. The van der Waals surface area contributed by atoms with Gasteiger partial charge >= 0.3 is 0 Å². The van der Waals surface area contributed by atoms with Gasteiger partial charge < -0.3 is 10.5 Å². The summed E-state index contributed by atoms with van der Waals surface area (Å²) in [6.07, 6.45) is 1.34. The highest BCUT2D eigenvalue weighted by molar-refractivity contribution is 5.73. The van der Waals surface area contributed by atoms with Crippen LogP contribution in [0.3, 0.4) is 0 Å². The summed E-state index contributed by atoms with van der Waals surface area (Å²) in [6, 6.07) is 0. The fourth-order valence-electron chi connectivity index (χ4n) is 1.78. The van der Waals surface area contributed by atoms with E-state index in [1.807, 2.05) is 0 Å². The average Bonchev–Trinajstić information content (AvgIpc) is 2.01. The van der Waals surface area contributed by atoms with Crippen molar-refractivity contribution in [2.24, 2.45) is 5.73 Å². The topological polar surface area (TPSA) is 55.6 Å². The van der Waals surface area contributed by atoms with Crippen LogP contribution in [0.1, 0.15) is 26.7 Å². The molecule has 0 radical (unpaired) electrons. The van der Waals surface area contributed by atoms with Crippen LogP contribution in [0.15, 0.2) is 0 Å². The van der Waals surface area contributed by atoms with Gasteiger partial charge in [0.2, 0.25) is 5.91 Å². The van der Waals surface area contributed by atoms with E-state index in [1.165, 1.54) is 0 Å². The molecule has 0 aliphatic carbocycles. The number of nitrogens with zero attached hydrogens (tertiary/aromatic N) is 1. The van der Waals surface area contributed by atoms with Gasteiger partial charge in [-0.05, 0) is 26.8 Å². The minimum absolute atomic E-state index is 0.0506. The zero-order chi connectivity index (χ0) is 10.6. The number of ether oxygens (including phenoxy) is 1. The van der Waals surface area contributed by atoms with Crippen LogP contribution in [-0.2, 0) is 9.53 Å². The van der Waals surface area contributed by atoms with Gasteiger partial charge in [-0.15, -0.1) is 0 Å². The summed E-state index contributed by atoms with van der Waals surface area (Å²) >= 11 is 0. The molecule has 0 atom stereocenters. The van der Waals surface area contributed by atoms with Gasteiger partial charge in [0.1, 0.15) is 0 Å². The quantitative estimate of drug-likeness (QED) is 0.713. The first-order valence-corrected chi connectivity index (χ1v) is 5.14. The van der Waals surface area contributed by atoms with Gasteiger partial charge in [0, 0.05) is 19.5 Å². The van der Waals surface area contributed by atoms with Crippen molar-refractivity contribution >= 4 is 5.91 Å². The van der Waals surface area contributed by atoms with E-state index >= 15 is 0 Å². The Morgan fingerprint density at radius 3 is 2.86 bits per heavy atom. The van der Waals surface area contributed by atoms with Crippen LogP contribution in [0, 0.1) is 0 Å². The third kappa shape index (κ3) is 4.07. The molecule has 0 aromatic carbocycles. The second kappa shape index (κ2) is 4.75. The number of nitrogens with two attached hydrogens (primary N) is 1. The number of morpholine rings is 1. The van der Waals surface area contributed by atoms with Crippen LogP contribution in [0.5, 0.6) is 0 Å². The molecule has 1 rings (SSSR count). The standard InChI is InChI=1S/C10H20N2O2/c1-10(2)8-12(6-7-14-10)5-3-4-9(11)13/h3-8H2,1-2H3,(H2,11,13). The Morgan fingerprint density at radius 1 is 1.57 bits per heavy atom. The van der Waals surface area contributed by atoms with Crippen molar-refractivity contribution in [3.63, 3.8) is 0 Å². The Hall–Kier alpha value is -0.610. The number of carbonyl (C=O) groups is 1. The normalized spacial score (nSPS) is 22.1. The zero-order valence-electron chi connectivity index (χ0n) is 9.08. The molecule has 0 aromatic heterocycles. The van der Waals surface area contributed by atoms with E-state index in [0.29, 0.717) is 6.42 Å². The smallest absolute Gasteiger partial charge is 0.217 e. The molecule has 1 amide bonds. The maximum atomic E-state index is 10.5. The van der Waals surface area contributed by atoms with Gasteiger partial charge in [0.25, 0.3) is 0 Å². The maximum absolute atomic E-state index is 10.5. The fourth-order valence-corrected chi connectivity index (χ4v) is 1.78. The Bertz CT molecular complexity index is 204. The molecule has 14 heavy (non-hydrogen) atoms. The first-order chi connectivity index (χ1) is 6.49. The van der Waals surface area contributed by atoms with Crippen LogP contribution < -0.4 is 5.73 Å². The Balaban J connectivity index is 2.21. The summed E-state index contributed by atoms with van der Waals surface area (Å²) in [5, 5.41) is 0. The molecule has 0 saturated carbocycles. The highest BCUT2D eigenvalue weighted by Gasteiger charge is 2.26. The summed E-state index contributed by atoms with van der Waals surface area (Å²) in [5.41, 5.74) is 5.03. The number of hydrogen-bond acceptors (Lipinski definition) is 3. The van der Waals surface area contributed by atoms with Crippen molar-refractivity contribution < 1.29 is 9.53 Å². The summed E-state index contributed by atoms with van der Waals surface area (Å²) < 4.78 is 5.59. The van der Waals surface area contributed by atoms with Crippen molar-refractivity contribution in [3.8, 4) is 0 Å². The zero-order valence-corrected chi connectivity index (χ0v) is 9.08. The first-order valence-electron chi connectivity index (χ1n) is 5.14. The lowest BCUT2D eigenvalue weighted by molar-refractivity contribution is -0.118. The Kier molecular flexibility index (Phi) is 3.89. The molecule has 1 heterocycles. The molecule has 1 aliphatic heterocycles. The molecule has 1 saturated heterocycles. The molecule has 0 spiro atoms. The molecule has 4 nitrogen and oxygen atoms in total. The highest BCUT2D eigenvalue weighted by Crippen LogP contribution is 2.16. The molecule has 1 fully saturated rings. The lowest BCUT2D eigenvalue weighted by atomic mass is 10.1. The van der Waals surface area contributed by atoms with Crippen LogP contribution in [-0.4, -0.2) is 42.6 Å². The third-order valence-corrected chi connectivity index (χ3v) is 2.40. The Labute approximate surface area is 85.4 Å². The lowest BCUT2D eigenvalue weighted by Gasteiger charge is -2.38. The van der Waals surface area contributed by atoms with Crippen molar-refractivity contribution in [2.75, 3.05) is 26.2 Å². The molecular weight excluding hydrogens is 180 g/mol. The number of rotatable bonds is 4. The van der Waals surface area contributed by atoms with Gasteiger partial charge in [0.05, 0.1) is 12.2 Å². The van der Waals surface area contributed by atoms with Crippen LogP contribution in [0.2, 0.25) is 0 Å². The number of hydrogen-bond donors (Lipinski definition) is 1. The van der Waals surface area contributed by atoms with Gasteiger partial charge in [0.15, 0.2) is 0 Å². The third-order valence-electron chi connectivity index (χ3n) is 2.40. The van der Waals surface area contributed by atoms with Gasteiger partial charge in [-0.1, -0.05) is 0 Å². The maximum Gasteiger partial charge on any atom is 0.217 e. The van der Waals surface area contributed by atoms with Gasteiger partial charge in [-0.2, -0.15) is 0 Å². The minimum Gasteiger partial charge on any atom is -0.373 e. The summed E-state index contributed by atoms with van der Waals surface area (Å²) in [7, 11) is 0. The molecule has 0 unspecified atom stereocenters. The average molecular weight is 200 g/mol. The van der Waals surface area contributed by atoms with E-state index in [9.17, 15) is 4.79 Å². The first kappa shape index (κ1) is 11.5. The molecule has 0 aromatic rings. The van der Waals surface area contributed by atoms with Gasteiger partial charge in [-0.3, -0.25) is 9.69 Å². The number of carbonyl (C=O) groups excluding carboxylic acids is 1. The van der Waals surface area contributed by atoms with E-state index in [-0.39, 0.29) is 11.5 Å². The highest BCUT2D eigenvalue weighted by atomic mass is 16.5. The second-order valence-electron chi connectivity index (χ2n) is 4.45. The summed E-state index contributed by atoms with van der Waals surface area (Å²) in [6.45, 7) is 7.80. The van der Waals surface area contributed by atoms with Crippen LogP contribution in [0.25, 0.3) is 0 Å². The van der Waals surface area contributed by atoms with Gasteiger partial charge in [-0.25, -0.2) is 0 Å². The van der Waals surface area contributed by atoms with E-state index < -0.39 is 0 Å². The molecule has 0 bridgehead atoms. The largest absolute Gasteiger partial charge is 0.373 e. The predicted molar refractivity (Wildman–Crippen MR) is 54.9 cm³/mol. The molecule has 1 aliphatic rings. The molecule has 82 valence electrons. The number of amides is 1. The minimum atomic E-state index is -0.211. The van der Waals surface area contributed by atoms with Crippen LogP contribution >= 0.6 is 0 Å². The lowest BCUT2D eigenvalue weighted by Crippen LogP contribution is -2.48. The van der Waals surface area contributed by atoms with E-state index in [1.54, 1.807) is 0 Å². The fraction of sp³-hybridized carbons (Fsp3) is 0.900. The van der Waals surface area contributed by atoms with E-state index in [4.69, 9.17) is 10.5 Å². The van der Waals surface area contributed by atoms with Crippen molar-refractivity contribution in [2.45, 2.75) is 32.3 Å². The van der Waals surface area contributed by atoms with Crippen molar-refractivity contribution in [1.82, 2.24) is 4.90 Å². The molecule has 2 N–H and O–H groups in total. The second-order valence-corrected chi connectivity index (χ2v) is 4.45.